The van der Waals surface area contributed by atoms with Gasteiger partial charge in [-0.3, -0.25) is 4.79 Å². The number of anilines is 1. The normalized spacial score (nSPS) is 16.0. The van der Waals surface area contributed by atoms with Crippen LogP contribution < -0.4 is 10.1 Å². The maximum atomic E-state index is 12.7. The van der Waals surface area contributed by atoms with Gasteiger partial charge in [0.1, 0.15) is 16.9 Å². The molecule has 0 aromatic heterocycles. The highest BCUT2D eigenvalue weighted by atomic mass is 16.5. The Bertz CT molecular complexity index is 626. The number of methoxy groups -OCH3 is 1. The molecule has 1 aliphatic carbocycles. The Morgan fingerprint density at radius 3 is 2.56 bits per heavy atom. The van der Waals surface area contributed by atoms with Crippen LogP contribution in [0.3, 0.4) is 0 Å². The van der Waals surface area contributed by atoms with Gasteiger partial charge in [-0.25, -0.2) is 4.79 Å². The van der Waals surface area contributed by atoms with Crippen LogP contribution in [0.25, 0.3) is 0 Å². The number of hydrogen-bond acceptors (Lipinski definition) is 5. The van der Waals surface area contributed by atoms with E-state index < -0.39 is 11.6 Å². The van der Waals surface area contributed by atoms with Crippen LogP contribution in [0.4, 0.5) is 5.69 Å². The van der Waals surface area contributed by atoms with Crippen molar-refractivity contribution in [2.75, 3.05) is 25.6 Å². The van der Waals surface area contributed by atoms with Crippen molar-refractivity contribution in [3.63, 3.8) is 0 Å². The summed E-state index contributed by atoms with van der Waals surface area (Å²) in [4.78, 5) is 24.7. The fourth-order valence-electron chi connectivity index (χ4n) is 2.77. The molecule has 0 spiro atoms. The number of nitrogens with one attached hydrogen (secondary N) is 1. The zero-order valence-corrected chi connectivity index (χ0v) is 15.4. The Hall–Kier alpha value is -2.08. The lowest BCUT2D eigenvalue weighted by Gasteiger charge is -2.28. The maximum absolute atomic E-state index is 12.7. The van der Waals surface area contributed by atoms with Crippen molar-refractivity contribution >= 4 is 17.6 Å². The Kier molecular flexibility index (Phi) is 6.42. The molecule has 0 bridgehead atoms. The number of ether oxygens (including phenoxy) is 3. The average Bonchev–Trinajstić information content (AvgIpc) is 3.45. The summed E-state index contributed by atoms with van der Waals surface area (Å²) in [6, 6.07) is 4.97. The Morgan fingerprint density at radius 1 is 1.28 bits per heavy atom. The lowest BCUT2D eigenvalue weighted by Crippen LogP contribution is -2.44. The van der Waals surface area contributed by atoms with Crippen LogP contribution in [0.15, 0.2) is 18.2 Å². The molecule has 25 heavy (non-hydrogen) atoms. The quantitative estimate of drug-likeness (QED) is 0.692. The smallest absolute Gasteiger partial charge is 0.341 e. The lowest BCUT2D eigenvalue weighted by molar-refractivity contribution is -0.141. The number of amides is 1. The van der Waals surface area contributed by atoms with Crippen molar-refractivity contribution in [1.29, 1.82) is 0 Å². The first-order valence-corrected chi connectivity index (χ1v) is 8.76. The van der Waals surface area contributed by atoms with Gasteiger partial charge in [0.25, 0.3) is 5.91 Å². The van der Waals surface area contributed by atoms with Crippen molar-refractivity contribution in [3.8, 4) is 5.75 Å². The third kappa shape index (κ3) is 4.51. The van der Waals surface area contributed by atoms with E-state index in [0.29, 0.717) is 30.2 Å². The number of esters is 1. The summed E-state index contributed by atoms with van der Waals surface area (Å²) in [5.74, 6) is -0.0204. The first-order valence-electron chi connectivity index (χ1n) is 8.76. The molecule has 1 aromatic rings. The molecule has 2 rings (SSSR count). The maximum Gasteiger partial charge on any atom is 0.341 e. The van der Waals surface area contributed by atoms with Gasteiger partial charge in [-0.05, 0) is 57.2 Å². The van der Waals surface area contributed by atoms with Crippen molar-refractivity contribution < 1.29 is 23.8 Å². The highest BCUT2D eigenvalue weighted by Crippen LogP contribution is 2.42. The van der Waals surface area contributed by atoms with E-state index in [4.69, 9.17) is 14.2 Å². The predicted molar refractivity (Wildman–Crippen MR) is 95.0 cm³/mol. The minimum absolute atomic E-state index is 0.199. The molecule has 1 atom stereocenters. The number of carbonyl (C=O) groups excluding carboxylic acids is 2. The van der Waals surface area contributed by atoms with E-state index in [1.54, 1.807) is 18.2 Å². The summed E-state index contributed by atoms with van der Waals surface area (Å²) in [5.41, 5.74) is -0.0449. The van der Waals surface area contributed by atoms with Gasteiger partial charge in [-0.2, -0.15) is 0 Å². The summed E-state index contributed by atoms with van der Waals surface area (Å²) in [7, 11) is 1.32. The van der Waals surface area contributed by atoms with Crippen LogP contribution in [-0.4, -0.2) is 37.8 Å². The summed E-state index contributed by atoms with van der Waals surface area (Å²) >= 11 is 0. The van der Waals surface area contributed by atoms with Crippen molar-refractivity contribution in [3.05, 3.63) is 23.8 Å². The molecule has 1 amide bonds. The van der Waals surface area contributed by atoms with Crippen molar-refractivity contribution in [2.45, 2.75) is 45.6 Å². The third-order valence-corrected chi connectivity index (χ3v) is 4.36. The zero-order chi connectivity index (χ0) is 18.4. The molecule has 138 valence electrons. The van der Waals surface area contributed by atoms with Gasteiger partial charge in [-0.15, -0.1) is 0 Å². The molecule has 0 heterocycles. The van der Waals surface area contributed by atoms with Gasteiger partial charge in [0, 0.05) is 12.3 Å². The van der Waals surface area contributed by atoms with Crippen LogP contribution in [-0.2, 0) is 14.3 Å². The van der Waals surface area contributed by atoms with E-state index in [-0.39, 0.29) is 11.8 Å². The molecule has 0 saturated heterocycles. The van der Waals surface area contributed by atoms with Gasteiger partial charge >= 0.3 is 5.97 Å². The van der Waals surface area contributed by atoms with Crippen LogP contribution in [0.1, 0.15) is 50.4 Å². The average molecular weight is 349 g/mol. The predicted octanol–water partition coefficient (Wildman–Crippen LogP) is 3.41. The first-order chi connectivity index (χ1) is 12.0. The van der Waals surface area contributed by atoms with E-state index in [1.165, 1.54) is 7.11 Å². The molecular formula is C19H27NO5. The molecule has 1 saturated carbocycles. The van der Waals surface area contributed by atoms with Crippen LogP contribution in [0, 0.1) is 5.92 Å². The van der Waals surface area contributed by atoms with Crippen LogP contribution >= 0.6 is 0 Å². The third-order valence-electron chi connectivity index (χ3n) is 4.36. The first kappa shape index (κ1) is 19.2. The molecule has 0 radical (unpaired) electrons. The molecule has 6 heteroatoms. The second kappa shape index (κ2) is 8.34. The van der Waals surface area contributed by atoms with Gasteiger partial charge in [0.2, 0.25) is 0 Å². The summed E-state index contributed by atoms with van der Waals surface area (Å²) in [6.07, 6.45) is 2.80. The lowest BCUT2D eigenvalue weighted by atomic mass is 9.98. The fourth-order valence-corrected chi connectivity index (χ4v) is 2.77. The van der Waals surface area contributed by atoms with Gasteiger partial charge in [-0.1, -0.05) is 6.92 Å². The Labute approximate surface area is 148 Å². The second-order valence-electron chi connectivity index (χ2n) is 6.32. The SMILES string of the molecule is CCCOc1ccc(NC(=O)[C@@](C)(OCC)C2CC2)cc1C(=O)OC. The van der Waals surface area contributed by atoms with E-state index in [9.17, 15) is 9.59 Å². The standard InChI is InChI=1S/C19H27NO5/c1-5-11-24-16-10-9-14(12-15(16)17(21)23-4)20-18(22)19(3,25-6-2)13-7-8-13/h9-10,12-13H,5-8,11H2,1-4H3,(H,20,22)/t19-/m0/s1. The molecule has 6 nitrogen and oxygen atoms in total. The van der Waals surface area contributed by atoms with E-state index >= 15 is 0 Å². The van der Waals surface area contributed by atoms with Gasteiger partial charge in [0.15, 0.2) is 0 Å². The Morgan fingerprint density at radius 2 is 2.00 bits per heavy atom. The Balaban J connectivity index is 2.21. The topological polar surface area (TPSA) is 73.9 Å². The molecular weight excluding hydrogens is 322 g/mol. The number of benzene rings is 1. The number of carbonyl (C=O) groups is 2. The van der Waals surface area contributed by atoms with Crippen molar-refractivity contribution in [2.24, 2.45) is 5.92 Å². The minimum Gasteiger partial charge on any atom is -0.493 e. The van der Waals surface area contributed by atoms with Crippen LogP contribution in [0.2, 0.25) is 0 Å². The number of rotatable bonds is 9. The van der Waals surface area contributed by atoms with Crippen LogP contribution in [0.5, 0.6) is 5.75 Å². The molecule has 1 fully saturated rings. The summed E-state index contributed by atoms with van der Waals surface area (Å²) < 4.78 is 16.1. The zero-order valence-electron chi connectivity index (χ0n) is 15.4. The van der Waals surface area contributed by atoms with Gasteiger partial charge < -0.3 is 19.5 Å². The number of hydrogen-bond donors (Lipinski definition) is 1. The highest BCUT2D eigenvalue weighted by Gasteiger charge is 2.48. The molecule has 0 unspecified atom stereocenters. The fraction of sp³-hybridized carbons (Fsp3) is 0.579. The summed E-state index contributed by atoms with van der Waals surface area (Å²) in [6.45, 7) is 6.66. The monoisotopic (exact) mass is 349 g/mol. The second-order valence-corrected chi connectivity index (χ2v) is 6.32. The molecule has 1 aromatic carbocycles. The van der Waals surface area contributed by atoms with E-state index in [2.05, 4.69) is 5.32 Å². The molecule has 1 aliphatic rings. The highest BCUT2D eigenvalue weighted by molar-refractivity contribution is 5.99. The van der Waals surface area contributed by atoms with Crippen molar-refractivity contribution in [1.82, 2.24) is 0 Å². The molecule has 0 aliphatic heterocycles. The van der Waals surface area contributed by atoms with E-state index in [1.807, 2.05) is 20.8 Å². The van der Waals surface area contributed by atoms with E-state index in [0.717, 1.165) is 19.3 Å². The summed E-state index contributed by atoms with van der Waals surface area (Å²) in [5, 5.41) is 2.86. The minimum atomic E-state index is -0.850. The van der Waals surface area contributed by atoms with Gasteiger partial charge in [0.05, 0.1) is 13.7 Å². The largest absolute Gasteiger partial charge is 0.493 e. The molecule has 1 N–H and O–H groups in total.